The van der Waals surface area contributed by atoms with E-state index in [0.29, 0.717) is 22.7 Å². The predicted molar refractivity (Wildman–Crippen MR) is 164 cm³/mol. The van der Waals surface area contributed by atoms with Gasteiger partial charge in [0.1, 0.15) is 11.0 Å². The van der Waals surface area contributed by atoms with Crippen LogP contribution in [0.3, 0.4) is 0 Å². The molecule has 1 amide bonds. The Bertz CT molecular complexity index is 1940. The van der Waals surface area contributed by atoms with Crippen LogP contribution in [0.5, 0.6) is 0 Å². The first-order chi connectivity index (χ1) is 20.3. The largest absolute Gasteiger partial charge is 0.377 e. The Hall–Kier alpha value is -4.10. The van der Waals surface area contributed by atoms with Crippen LogP contribution in [0.2, 0.25) is 5.15 Å². The molecule has 3 aromatic heterocycles. The number of aryl methyl sites for hydroxylation is 2. The third-order valence-electron chi connectivity index (χ3n) is 8.12. The van der Waals surface area contributed by atoms with Gasteiger partial charge in [0, 0.05) is 44.0 Å². The van der Waals surface area contributed by atoms with Crippen molar-refractivity contribution in [2.24, 2.45) is 18.9 Å². The number of nitrogens with zero attached hydrogens (tertiary/aromatic N) is 6. The first kappa shape index (κ1) is 29.0. The minimum Gasteiger partial charge on any atom is -0.377 e. The van der Waals surface area contributed by atoms with Crippen LogP contribution >= 0.6 is 11.6 Å². The molecule has 0 radical (unpaired) electrons. The van der Waals surface area contributed by atoms with E-state index in [9.17, 15) is 18.0 Å². The molecule has 1 saturated heterocycles. The van der Waals surface area contributed by atoms with Gasteiger partial charge in [-0.05, 0) is 61.9 Å². The van der Waals surface area contributed by atoms with Gasteiger partial charge in [-0.1, -0.05) is 17.7 Å². The lowest BCUT2D eigenvalue weighted by atomic mass is 10.0. The molecule has 2 N–H and O–H groups in total. The molecule has 0 spiro atoms. The average Bonchev–Trinajstić information content (AvgIpc) is 3.41. The number of pyridine rings is 1. The van der Waals surface area contributed by atoms with Gasteiger partial charge in [0.15, 0.2) is 5.69 Å². The third kappa shape index (κ3) is 5.54. The van der Waals surface area contributed by atoms with Gasteiger partial charge in [-0.25, -0.2) is 33.1 Å². The summed E-state index contributed by atoms with van der Waals surface area (Å²) in [5, 5.41) is 3.80. The van der Waals surface area contributed by atoms with E-state index < -0.39 is 22.0 Å². The van der Waals surface area contributed by atoms with Gasteiger partial charge >= 0.3 is 0 Å². The van der Waals surface area contributed by atoms with Gasteiger partial charge in [-0.15, -0.1) is 0 Å². The number of anilines is 2. The molecule has 2 aliphatic rings. The lowest BCUT2D eigenvalue weighted by molar-refractivity contribution is 0.0977. The number of piperidine rings is 1. The molecule has 14 heteroatoms. The van der Waals surface area contributed by atoms with Crippen molar-refractivity contribution >= 4 is 50.1 Å². The average molecular weight is 623 g/mol. The fraction of sp³-hybridized carbons (Fsp3) is 0.379. The molecular weight excluding hydrogens is 592 g/mol. The van der Waals surface area contributed by atoms with Gasteiger partial charge in [-0.3, -0.25) is 14.2 Å². The standard InChI is InChI=1S/C29H31ClN8O4S/c1-14-8-17(16(3)33-21-6-7-22(30)34-25(21)27(39)36-43(5,41)42)24-18(9-14)28(40)37(4)26(35-24)23-19-12-38(13-20(19)23)29-31-10-15(2)11-32-29/h6-11,16,19-20,23,33H,12-13H2,1-5H3,(H,36,39)/t16-,19-,20+,23?/m1/s1. The second kappa shape index (κ2) is 10.6. The topological polar surface area (TPSA) is 152 Å². The minimum atomic E-state index is -3.83. The monoisotopic (exact) mass is 622 g/mol. The molecule has 1 aromatic carbocycles. The number of fused-ring (bicyclic) bond motifs is 2. The van der Waals surface area contributed by atoms with Gasteiger partial charge in [0.2, 0.25) is 16.0 Å². The van der Waals surface area contributed by atoms with Crippen LogP contribution in [0, 0.1) is 25.7 Å². The van der Waals surface area contributed by atoms with E-state index in [1.54, 1.807) is 17.7 Å². The van der Waals surface area contributed by atoms with Crippen molar-refractivity contribution in [2.45, 2.75) is 32.7 Å². The number of carbonyl (C=O) groups is 1. The number of halogens is 1. The van der Waals surface area contributed by atoms with Crippen molar-refractivity contribution in [3.63, 3.8) is 0 Å². The van der Waals surface area contributed by atoms with Crippen molar-refractivity contribution in [3.05, 3.63) is 80.4 Å². The summed E-state index contributed by atoms with van der Waals surface area (Å²) in [5.41, 5.74) is 3.23. The van der Waals surface area contributed by atoms with Crippen molar-refractivity contribution < 1.29 is 13.2 Å². The van der Waals surface area contributed by atoms with E-state index in [4.69, 9.17) is 16.6 Å². The van der Waals surface area contributed by atoms with Gasteiger partial charge in [0.05, 0.1) is 28.9 Å². The first-order valence-electron chi connectivity index (χ1n) is 13.8. The molecule has 4 heterocycles. The van der Waals surface area contributed by atoms with Crippen LogP contribution in [0.4, 0.5) is 11.6 Å². The molecule has 0 bridgehead atoms. The zero-order chi connectivity index (χ0) is 30.8. The zero-order valence-corrected chi connectivity index (χ0v) is 25.9. The molecule has 1 aliphatic carbocycles. The van der Waals surface area contributed by atoms with E-state index >= 15 is 0 Å². The summed E-state index contributed by atoms with van der Waals surface area (Å²) in [4.78, 5) is 46.7. The highest BCUT2D eigenvalue weighted by molar-refractivity contribution is 7.89. The zero-order valence-electron chi connectivity index (χ0n) is 24.3. The molecule has 4 aromatic rings. The highest BCUT2D eigenvalue weighted by Gasteiger charge is 2.58. The molecule has 224 valence electrons. The molecule has 43 heavy (non-hydrogen) atoms. The quantitative estimate of drug-likeness (QED) is 0.294. The van der Waals surface area contributed by atoms with Crippen LogP contribution < -0.4 is 20.5 Å². The van der Waals surface area contributed by atoms with Crippen LogP contribution in [0.25, 0.3) is 10.9 Å². The Balaban J connectivity index is 1.32. The number of hydrogen-bond acceptors (Lipinski definition) is 10. The highest BCUT2D eigenvalue weighted by atomic mass is 35.5. The summed E-state index contributed by atoms with van der Waals surface area (Å²) in [7, 11) is -2.05. The van der Waals surface area contributed by atoms with Crippen molar-refractivity contribution in [1.29, 1.82) is 0 Å². The van der Waals surface area contributed by atoms with E-state index in [-0.39, 0.29) is 28.0 Å². The smallest absolute Gasteiger partial charge is 0.285 e. The van der Waals surface area contributed by atoms with Gasteiger partial charge < -0.3 is 10.2 Å². The van der Waals surface area contributed by atoms with Crippen LogP contribution in [0.1, 0.15) is 51.9 Å². The lowest BCUT2D eigenvalue weighted by Gasteiger charge is -2.22. The second-order valence-corrected chi connectivity index (χ2v) is 13.6. The SMILES string of the molecule is Cc1cnc(N2C[C@@H]3C(c4nc5c([C@@H](C)Nc6ccc(Cl)nc6C(=O)NS(C)(=O)=O)cc(C)cc5c(=O)n4C)[C@@H]3C2)nc1. The number of carbonyl (C=O) groups excluding carboxylic acids is 1. The number of aromatic nitrogens is 5. The highest BCUT2D eigenvalue weighted by Crippen LogP contribution is 2.57. The van der Waals surface area contributed by atoms with E-state index in [1.165, 1.54) is 6.07 Å². The first-order valence-corrected chi connectivity index (χ1v) is 16.1. The molecule has 1 unspecified atom stereocenters. The van der Waals surface area contributed by atoms with Crippen LogP contribution in [0.15, 0.2) is 41.5 Å². The molecule has 1 saturated carbocycles. The predicted octanol–water partition coefficient (Wildman–Crippen LogP) is 3.10. The molecule has 2 fully saturated rings. The number of sulfonamides is 1. The van der Waals surface area contributed by atoms with Gasteiger partial charge in [-0.2, -0.15) is 0 Å². The Morgan fingerprint density at radius 1 is 1.07 bits per heavy atom. The molecular formula is C29H31ClN8O4S. The maximum Gasteiger partial charge on any atom is 0.285 e. The Morgan fingerprint density at radius 3 is 2.40 bits per heavy atom. The maximum atomic E-state index is 13.7. The fourth-order valence-corrected chi connectivity index (χ4v) is 6.65. The summed E-state index contributed by atoms with van der Waals surface area (Å²) in [6, 6.07) is 6.43. The Labute approximate surface area is 253 Å². The van der Waals surface area contributed by atoms with Crippen molar-refractivity contribution in [3.8, 4) is 0 Å². The maximum absolute atomic E-state index is 13.7. The minimum absolute atomic E-state index is 0.0372. The molecule has 6 rings (SSSR count). The Morgan fingerprint density at radius 2 is 1.74 bits per heavy atom. The van der Waals surface area contributed by atoms with Crippen molar-refractivity contribution in [1.82, 2.24) is 29.2 Å². The van der Waals surface area contributed by atoms with E-state index in [2.05, 4.69) is 25.2 Å². The summed E-state index contributed by atoms with van der Waals surface area (Å²) >= 11 is 6.03. The summed E-state index contributed by atoms with van der Waals surface area (Å²) < 4.78 is 27.0. The number of nitrogens with one attached hydrogen (secondary N) is 2. The second-order valence-electron chi connectivity index (χ2n) is 11.5. The van der Waals surface area contributed by atoms with Crippen LogP contribution in [-0.4, -0.2) is 58.2 Å². The fourth-order valence-electron chi connectivity index (χ4n) is 6.07. The third-order valence-corrected chi connectivity index (χ3v) is 8.89. The van der Waals surface area contributed by atoms with Crippen LogP contribution in [-0.2, 0) is 17.1 Å². The van der Waals surface area contributed by atoms with Gasteiger partial charge in [0.25, 0.3) is 11.5 Å². The summed E-state index contributed by atoms with van der Waals surface area (Å²) in [5.74, 6) is 1.40. The molecule has 12 nitrogen and oxygen atoms in total. The van der Waals surface area contributed by atoms with E-state index in [1.807, 2.05) is 50.0 Å². The van der Waals surface area contributed by atoms with E-state index in [0.717, 1.165) is 47.8 Å². The molecule has 4 atom stereocenters. The number of hydrogen-bond donors (Lipinski definition) is 2. The number of benzene rings is 1. The lowest BCUT2D eigenvalue weighted by Crippen LogP contribution is -2.31. The summed E-state index contributed by atoms with van der Waals surface area (Å²) in [6.45, 7) is 7.34. The Kier molecular flexibility index (Phi) is 7.12. The summed E-state index contributed by atoms with van der Waals surface area (Å²) in [6.07, 6.45) is 4.52. The molecule has 1 aliphatic heterocycles. The number of amides is 1. The van der Waals surface area contributed by atoms with Crippen molar-refractivity contribution in [2.75, 3.05) is 29.6 Å². The number of rotatable bonds is 7. The normalized spacial score (nSPS) is 20.1.